The number of pyridine rings is 1. The van der Waals surface area contributed by atoms with Crippen LogP contribution >= 0.6 is 0 Å². The zero-order valence-corrected chi connectivity index (χ0v) is 35.7. The number of carbonyl (C=O) groups is 1. The third-order valence-electron chi connectivity index (χ3n) is 10.8. The first-order valence-corrected chi connectivity index (χ1v) is 22.6. The van der Waals surface area contributed by atoms with Gasteiger partial charge in [0.25, 0.3) is 0 Å². The van der Waals surface area contributed by atoms with Crippen LogP contribution in [0.2, 0.25) is 18.1 Å². The maximum Gasteiger partial charge on any atom is 0.410 e. The molecule has 296 valence electrons. The van der Waals surface area contributed by atoms with Crippen molar-refractivity contribution in [2.45, 2.75) is 117 Å². The molecule has 0 unspecified atom stereocenters. The predicted octanol–water partition coefficient (Wildman–Crippen LogP) is 9.42. The minimum Gasteiger partial charge on any atom is -0.497 e. The number of anilines is 2. The molecule has 0 spiro atoms. The van der Waals surface area contributed by atoms with Gasteiger partial charge < -0.3 is 38.3 Å². The number of carbonyl (C=O) groups excluding carboxylic acids is 1. The molecule has 1 fully saturated rings. The molecule has 0 radical (unpaired) electrons. The van der Waals surface area contributed by atoms with Crippen LogP contribution in [0.15, 0.2) is 36.4 Å². The number of rotatable bonds is 15. The summed E-state index contributed by atoms with van der Waals surface area (Å²) >= 11 is 0. The second-order valence-electron chi connectivity index (χ2n) is 16.9. The van der Waals surface area contributed by atoms with E-state index in [-0.39, 0.29) is 11.1 Å². The number of hydrogen-bond donors (Lipinski definition) is 1. The minimum atomic E-state index is -1.82. The number of aryl methyl sites for hydroxylation is 2. The number of aromatic nitrogens is 3. The smallest absolute Gasteiger partial charge is 0.410 e. The molecule has 54 heavy (non-hydrogen) atoms. The van der Waals surface area contributed by atoms with Crippen LogP contribution in [-0.2, 0) is 28.7 Å². The van der Waals surface area contributed by atoms with Crippen molar-refractivity contribution in [2.24, 2.45) is 0 Å². The molecule has 3 heterocycles. The average Bonchev–Trinajstić information content (AvgIpc) is 3.49. The van der Waals surface area contributed by atoms with Crippen molar-refractivity contribution in [3.05, 3.63) is 47.8 Å². The molecule has 1 aliphatic rings. The molecule has 11 nitrogen and oxygen atoms in total. The van der Waals surface area contributed by atoms with Gasteiger partial charge in [-0.15, -0.1) is 0 Å². The lowest BCUT2D eigenvalue weighted by atomic mass is 10.1. The third kappa shape index (κ3) is 9.79. The first-order valence-electron chi connectivity index (χ1n) is 19.7. The van der Waals surface area contributed by atoms with Crippen LogP contribution in [0.1, 0.15) is 85.5 Å². The lowest BCUT2D eigenvalue weighted by Gasteiger charge is -2.36. The van der Waals surface area contributed by atoms with Crippen LogP contribution in [0, 0.1) is 0 Å². The van der Waals surface area contributed by atoms with Crippen LogP contribution in [0.4, 0.5) is 16.3 Å². The molecule has 0 saturated carbocycles. The topological polar surface area (TPSA) is 103 Å². The van der Waals surface area contributed by atoms with Gasteiger partial charge in [0.15, 0.2) is 14.1 Å². The van der Waals surface area contributed by atoms with Crippen LogP contribution in [0.3, 0.4) is 0 Å². The molecule has 2 aromatic heterocycles. The molecule has 1 saturated heterocycles. The van der Waals surface area contributed by atoms with Crippen LogP contribution in [-0.4, -0.2) is 86.5 Å². The van der Waals surface area contributed by atoms with E-state index in [2.05, 4.69) is 73.8 Å². The molecule has 4 aromatic rings. The Kier molecular flexibility index (Phi) is 13.1. The Bertz CT molecular complexity index is 1890. The first kappa shape index (κ1) is 41.1. The van der Waals surface area contributed by atoms with Crippen molar-refractivity contribution in [3.8, 4) is 11.5 Å². The number of methoxy groups -OCH3 is 2. The standard InChI is InChI=1S/C42H64N6O5Si/c1-12-13-16-36-45-37-38(48(36)21-14-15-26-52-54(10,11)42(5,6)7)33-27-31(46-22-24-47(25-23-46)40(49)53-41(2,3)4)18-20-34(33)44-39(37)43-29-30-17-19-32(50-8)28-35(30)51-9/h17-20,27-28H,12-16,21-26,29H2,1-11H3,(H,43,44). The second kappa shape index (κ2) is 17.2. The highest BCUT2D eigenvalue weighted by Gasteiger charge is 2.37. The Morgan fingerprint density at radius 2 is 1.65 bits per heavy atom. The van der Waals surface area contributed by atoms with E-state index in [0.29, 0.717) is 19.6 Å². The number of hydrogen-bond acceptors (Lipinski definition) is 9. The van der Waals surface area contributed by atoms with Crippen LogP contribution in [0.25, 0.3) is 21.9 Å². The molecule has 12 heteroatoms. The zero-order chi connectivity index (χ0) is 39.3. The molecular weight excluding hydrogens is 697 g/mol. The van der Waals surface area contributed by atoms with Crippen molar-refractivity contribution >= 4 is 47.9 Å². The van der Waals surface area contributed by atoms with E-state index in [0.717, 1.165) is 115 Å². The number of amides is 1. The molecule has 1 aliphatic heterocycles. The van der Waals surface area contributed by atoms with Crippen molar-refractivity contribution in [2.75, 3.05) is 57.2 Å². The van der Waals surface area contributed by atoms with E-state index in [4.69, 9.17) is 28.6 Å². The number of ether oxygens (including phenoxy) is 3. The van der Waals surface area contributed by atoms with Crippen molar-refractivity contribution in [1.29, 1.82) is 0 Å². The summed E-state index contributed by atoms with van der Waals surface area (Å²) in [5.41, 5.74) is 4.49. The van der Waals surface area contributed by atoms with Gasteiger partial charge >= 0.3 is 6.09 Å². The molecule has 5 rings (SSSR count). The number of benzene rings is 2. The summed E-state index contributed by atoms with van der Waals surface area (Å²) in [6.07, 6.45) is 4.76. The van der Waals surface area contributed by atoms with Crippen molar-refractivity contribution in [1.82, 2.24) is 19.4 Å². The summed E-state index contributed by atoms with van der Waals surface area (Å²) < 4.78 is 25.8. The fourth-order valence-corrected chi connectivity index (χ4v) is 7.66. The number of unbranched alkanes of at least 4 members (excludes halogenated alkanes) is 2. The quantitative estimate of drug-likeness (QED) is 0.0938. The van der Waals surface area contributed by atoms with E-state index in [9.17, 15) is 4.79 Å². The number of nitrogens with zero attached hydrogens (tertiary/aromatic N) is 5. The van der Waals surface area contributed by atoms with Gasteiger partial charge in [-0.25, -0.2) is 14.8 Å². The van der Waals surface area contributed by atoms with E-state index < -0.39 is 13.9 Å². The highest BCUT2D eigenvalue weighted by Crippen LogP contribution is 2.37. The van der Waals surface area contributed by atoms with E-state index in [1.165, 1.54) is 0 Å². The van der Waals surface area contributed by atoms with E-state index in [1.807, 2.05) is 43.9 Å². The maximum atomic E-state index is 12.8. The first-order chi connectivity index (χ1) is 25.5. The Balaban J connectivity index is 1.50. The Hall–Kier alpha value is -4.03. The highest BCUT2D eigenvalue weighted by molar-refractivity contribution is 6.74. The summed E-state index contributed by atoms with van der Waals surface area (Å²) in [7, 11) is 1.52. The normalized spacial score (nSPS) is 14.2. The van der Waals surface area contributed by atoms with E-state index in [1.54, 1.807) is 14.2 Å². The molecule has 1 amide bonds. The number of nitrogens with one attached hydrogen (secondary N) is 1. The molecule has 2 aromatic carbocycles. The lowest BCUT2D eigenvalue weighted by Crippen LogP contribution is -2.50. The summed E-state index contributed by atoms with van der Waals surface area (Å²) in [6, 6.07) is 12.4. The van der Waals surface area contributed by atoms with E-state index >= 15 is 0 Å². The monoisotopic (exact) mass is 760 g/mol. The summed E-state index contributed by atoms with van der Waals surface area (Å²) in [5, 5.41) is 4.91. The largest absolute Gasteiger partial charge is 0.497 e. The van der Waals surface area contributed by atoms with Crippen molar-refractivity contribution < 1.29 is 23.4 Å². The van der Waals surface area contributed by atoms with Gasteiger partial charge in [-0.1, -0.05) is 34.1 Å². The zero-order valence-electron chi connectivity index (χ0n) is 34.7. The third-order valence-corrected chi connectivity index (χ3v) is 15.3. The predicted molar refractivity (Wildman–Crippen MR) is 223 cm³/mol. The maximum absolute atomic E-state index is 12.8. The lowest BCUT2D eigenvalue weighted by molar-refractivity contribution is 0.0240. The van der Waals surface area contributed by atoms with Crippen LogP contribution < -0.4 is 19.7 Å². The van der Waals surface area contributed by atoms with Crippen LogP contribution in [0.5, 0.6) is 11.5 Å². The fraction of sp³-hybridized carbons (Fsp3) is 0.595. The van der Waals surface area contributed by atoms with Gasteiger partial charge in [-0.05, 0) is 88.5 Å². The van der Waals surface area contributed by atoms with Gasteiger partial charge in [0.2, 0.25) is 0 Å². The average molecular weight is 761 g/mol. The Morgan fingerprint density at radius 3 is 2.30 bits per heavy atom. The molecule has 0 aliphatic carbocycles. The number of imidazole rings is 1. The SMILES string of the molecule is CCCCc1nc2c(NCc3ccc(OC)cc3OC)nc3ccc(N4CCN(C(=O)OC(C)(C)C)CC4)cc3c2n1CCCCO[Si](C)(C)C(C)(C)C. The fourth-order valence-electron chi connectivity index (χ4n) is 6.57. The Labute approximate surface area is 323 Å². The summed E-state index contributed by atoms with van der Waals surface area (Å²) in [6.45, 7) is 24.3. The molecular formula is C42H64N6O5Si. The minimum absolute atomic E-state index is 0.187. The summed E-state index contributed by atoms with van der Waals surface area (Å²) in [4.78, 5) is 27.5. The Morgan fingerprint density at radius 1 is 0.907 bits per heavy atom. The number of piperazine rings is 1. The second-order valence-corrected chi connectivity index (χ2v) is 21.8. The molecule has 0 atom stereocenters. The molecule has 1 N–H and O–H groups in total. The van der Waals surface area contributed by atoms with Crippen molar-refractivity contribution in [3.63, 3.8) is 0 Å². The van der Waals surface area contributed by atoms with Gasteiger partial charge in [-0.2, -0.15) is 0 Å². The van der Waals surface area contributed by atoms with Gasteiger partial charge in [0, 0.05) is 75.0 Å². The van der Waals surface area contributed by atoms with Gasteiger partial charge in [0.05, 0.1) is 25.3 Å². The number of fused-ring (bicyclic) bond motifs is 3. The highest BCUT2D eigenvalue weighted by atomic mass is 28.4. The molecule has 0 bridgehead atoms. The van der Waals surface area contributed by atoms with Gasteiger partial charge in [0.1, 0.15) is 28.4 Å². The van der Waals surface area contributed by atoms with Gasteiger partial charge in [-0.3, -0.25) is 0 Å². The summed E-state index contributed by atoms with van der Waals surface area (Å²) in [5.74, 6) is 3.35.